The number of aryl methyl sites for hydroxylation is 1. The molecule has 0 radical (unpaired) electrons. The number of phenols is 1. The lowest BCUT2D eigenvalue weighted by Crippen LogP contribution is -2.42. The van der Waals surface area contributed by atoms with Crippen LogP contribution >= 0.6 is 0 Å². The van der Waals surface area contributed by atoms with Crippen LogP contribution in [0.5, 0.6) is 5.75 Å². The number of fused-ring (bicyclic) bond motifs is 1. The topological polar surface area (TPSA) is 52.6 Å². The minimum atomic E-state index is 0.0407. The SMILES string of the molecule is Cc1ccc(C(=O)N2C(C)CC3CNCC32)cc1O. The first-order chi connectivity index (χ1) is 9.08. The van der Waals surface area contributed by atoms with Crippen LogP contribution in [0.1, 0.15) is 29.3 Å². The van der Waals surface area contributed by atoms with Crippen molar-refractivity contribution in [2.45, 2.75) is 32.4 Å². The Morgan fingerprint density at radius 2 is 2.21 bits per heavy atom. The van der Waals surface area contributed by atoms with E-state index < -0.39 is 0 Å². The zero-order valence-electron chi connectivity index (χ0n) is 11.4. The van der Waals surface area contributed by atoms with E-state index in [4.69, 9.17) is 0 Å². The zero-order chi connectivity index (χ0) is 13.6. The van der Waals surface area contributed by atoms with Gasteiger partial charge in [0.15, 0.2) is 0 Å². The van der Waals surface area contributed by atoms with Crippen LogP contribution in [0.2, 0.25) is 0 Å². The number of hydrogen-bond donors (Lipinski definition) is 2. The first-order valence-electron chi connectivity index (χ1n) is 6.91. The summed E-state index contributed by atoms with van der Waals surface area (Å²) in [5.41, 5.74) is 1.38. The molecule has 2 aliphatic heterocycles. The van der Waals surface area contributed by atoms with Crippen molar-refractivity contribution >= 4 is 5.91 Å². The average Bonchev–Trinajstić information content (AvgIpc) is 2.91. The number of carbonyl (C=O) groups excluding carboxylic acids is 1. The summed E-state index contributed by atoms with van der Waals surface area (Å²) in [6, 6.07) is 5.78. The van der Waals surface area contributed by atoms with Crippen molar-refractivity contribution in [3.8, 4) is 5.75 Å². The third-order valence-electron chi connectivity index (χ3n) is 4.47. The maximum Gasteiger partial charge on any atom is 0.254 e. The Morgan fingerprint density at radius 3 is 2.95 bits per heavy atom. The Bertz CT molecular complexity index is 515. The number of nitrogens with one attached hydrogen (secondary N) is 1. The van der Waals surface area contributed by atoms with Crippen LogP contribution < -0.4 is 5.32 Å². The second-order valence-electron chi connectivity index (χ2n) is 5.78. The van der Waals surface area contributed by atoms with E-state index in [1.54, 1.807) is 18.2 Å². The molecule has 3 rings (SSSR count). The van der Waals surface area contributed by atoms with Gasteiger partial charge in [-0.25, -0.2) is 0 Å². The predicted molar refractivity (Wildman–Crippen MR) is 73.2 cm³/mol. The van der Waals surface area contributed by atoms with E-state index in [0.717, 1.165) is 25.1 Å². The number of carbonyl (C=O) groups is 1. The van der Waals surface area contributed by atoms with Gasteiger partial charge in [-0.1, -0.05) is 6.07 Å². The fraction of sp³-hybridized carbons (Fsp3) is 0.533. The molecule has 0 aromatic heterocycles. The number of rotatable bonds is 1. The molecule has 0 spiro atoms. The van der Waals surface area contributed by atoms with E-state index in [0.29, 0.717) is 17.5 Å². The van der Waals surface area contributed by atoms with Crippen molar-refractivity contribution in [2.75, 3.05) is 13.1 Å². The van der Waals surface area contributed by atoms with Crippen LogP contribution in [0.15, 0.2) is 18.2 Å². The van der Waals surface area contributed by atoms with Crippen LogP contribution in [-0.4, -0.2) is 41.1 Å². The molecule has 2 fully saturated rings. The molecule has 2 heterocycles. The number of phenolic OH excluding ortho intramolecular Hbond substituents is 1. The van der Waals surface area contributed by atoms with Gasteiger partial charge in [-0.15, -0.1) is 0 Å². The Balaban J connectivity index is 1.88. The molecule has 4 heteroatoms. The lowest BCUT2D eigenvalue weighted by Gasteiger charge is -2.27. The monoisotopic (exact) mass is 260 g/mol. The Morgan fingerprint density at radius 1 is 1.42 bits per heavy atom. The number of benzene rings is 1. The molecule has 3 unspecified atom stereocenters. The summed E-state index contributed by atoms with van der Waals surface area (Å²) in [6.07, 6.45) is 1.07. The average molecular weight is 260 g/mol. The Kier molecular flexibility index (Phi) is 2.97. The van der Waals surface area contributed by atoms with Gasteiger partial charge >= 0.3 is 0 Å². The highest BCUT2D eigenvalue weighted by Crippen LogP contribution is 2.33. The second-order valence-corrected chi connectivity index (χ2v) is 5.78. The predicted octanol–water partition coefficient (Wildman–Crippen LogP) is 1.52. The van der Waals surface area contributed by atoms with Crippen molar-refractivity contribution < 1.29 is 9.90 Å². The van der Waals surface area contributed by atoms with Crippen molar-refractivity contribution in [1.29, 1.82) is 0 Å². The van der Waals surface area contributed by atoms with Crippen LogP contribution in [-0.2, 0) is 0 Å². The first kappa shape index (κ1) is 12.5. The number of nitrogens with zero attached hydrogens (tertiary/aromatic N) is 1. The fourth-order valence-corrected chi connectivity index (χ4v) is 3.41. The summed E-state index contributed by atoms with van der Waals surface area (Å²) in [6.45, 7) is 5.85. The number of aromatic hydroxyl groups is 1. The molecule has 19 heavy (non-hydrogen) atoms. The standard InChI is InChI=1S/C15H20N2O2/c1-9-3-4-11(6-14(9)18)15(19)17-10(2)5-12-7-16-8-13(12)17/h3-4,6,10,12-13,16,18H,5,7-8H2,1-2H3. The van der Waals surface area contributed by atoms with E-state index in [2.05, 4.69) is 12.2 Å². The summed E-state index contributed by atoms with van der Waals surface area (Å²) in [7, 11) is 0. The molecule has 1 aromatic rings. The minimum Gasteiger partial charge on any atom is -0.508 e. The summed E-state index contributed by atoms with van der Waals surface area (Å²) >= 11 is 0. The summed E-state index contributed by atoms with van der Waals surface area (Å²) in [5, 5.41) is 13.1. The van der Waals surface area contributed by atoms with Crippen molar-refractivity contribution in [2.24, 2.45) is 5.92 Å². The van der Waals surface area contributed by atoms with Crippen molar-refractivity contribution in [1.82, 2.24) is 10.2 Å². The second kappa shape index (κ2) is 4.53. The van der Waals surface area contributed by atoms with Crippen LogP contribution in [0.25, 0.3) is 0 Å². The van der Waals surface area contributed by atoms with Gasteiger partial charge in [0.05, 0.1) is 0 Å². The number of hydrogen-bond acceptors (Lipinski definition) is 3. The smallest absolute Gasteiger partial charge is 0.254 e. The molecule has 4 nitrogen and oxygen atoms in total. The van der Waals surface area contributed by atoms with Gasteiger partial charge < -0.3 is 15.3 Å². The van der Waals surface area contributed by atoms with Gasteiger partial charge in [0.2, 0.25) is 0 Å². The lowest BCUT2D eigenvalue weighted by atomic mass is 10.0. The molecule has 0 saturated carbocycles. The molecule has 1 amide bonds. The molecule has 2 N–H and O–H groups in total. The largest absolute Gasteiger partial charge is 0.508 e. The molecule has 0 aliphatic carbocycles. The molecule has 2 saturated heterocycles. The number of likely N-dealkylation sites (tertiary alicyclic amines) is 1. The Hall–Kier alpha value is -1.55. The van der Waals surface area contributed by atoms with Crippen LogP contribution in [0.3, 0.4) is 0 Å². The van der Waals surface area contributed by atoms with Gasteiger partial charge in [0.25, 0.3) is 5.91 Å². The molecule has 1 aromatic carbocycles. The van der Waals surface area contributed by atoms with Gasteiger partial charge in [-0.3, -0.25) is 4.79 Å². The molecule has 0 bridgehead atoms. The summed E-state index contributed by atoms with van der Waals surface area (Å²) < 4.78 is 0. The zero-order valence-corrected chi connectivity index (χ0v) is 11.4. The van der Waals surface area contributed by atoms with E-state index in [1.807, 2.05) is 11.8 Å². The van der Waals surface area contributed by atoms with Gasteiger partial charge in [0.1, 0.15) is 5.75 Å². The van der Waals surface area contributed by atoms with E-state index in [1.165, 1.54) is 0 Å². The van der Waals surface area contributed by atoms with Crippen LogP contribution in [0, 0.1) is 12.8 Å². The molecular formula is C15H20N2O2. The number of amides is 1. The Labute approximate surface area is 113 Å². The molecule has 2 aliphatic rings. The highest BCUT2D eigenvalue weighted by atomic mass is 16.3. The highest BCUT2D eigenvalue weighted by molar-refractivity contribution is 5.95. The molecular weight excluding hydrogens is 240 g/mol. The lowest BCUT2D eigenvalue weighted by molar-refractivity contribution is 0.0681. The highest BCUT2D eigenvalue weighted by Gasteiger charge is 2.44. The molecule has 102 valence electrons. The van der Waals surface area contributed by atoms with Crippen LogP contribution in [0.4, 0.5) is 0 Å². The molecule has 3 atom stereocenters. The van der Waals surface area contributed by atoms with Gasteiger partial charge in [-0.2, -0.15) is 0 Å². The minimum absolute atomic E-state index is 0.0407. The van der Waals surface area contributed by atoms with Gasteiger partial charge in [0, 0.05) is 30.7 Å². The van der Waals surface area contributed by atoms with E-state index in [9.17, 15) is 9.90 Å². The first-order valence-corrected chi connectivity index (χ1v) is 6.91. The maximum absolute atomic E-state index is 12.7. The van der Waals surface area contributed by atoms with Crippen molar-refractivity contribution in [3.05, 3.63) is 29.3 Å². The summed E-state index contributed by atoms with van der Waals surface area (Å²) in [5.74, 6) is 0.816. The quantitative estimate of drug-likeness (QED) is 0.805. The third kappa shape index (κ3) is 2.00. The van der Waals surface area contributed by atoms with E-state index in [-0.39, 0.29) is 17.7 Å². The normalized spacial score (nSPS) is 29.6. The third-order valence-corrected chi connectivity index (χ3v) is 4.47. The van der Waals surface area contributed by atoms with Gasteiger partial charge in [-0.05, 0) is 43.9 Å². The fourth-order valence-electron chi connectivity index (χ4n) is 3.41. The van der Waals surface area contributed by atoms with Crippen molar-refractivity contribution in [3.63, 3.8) is 0 Å². The summed E-state index contributed by atoms with van der Waals surface area (Å²) in [4.78, 5) is 14.6. The van der Waals surface area contributed by atoms with E-state index >= 15 is 0 Å². The maximum atomic E-state index is 12.7.